The number of nitrogens with zero attached hydrogens (tertiary/aromatic N) is 1. The lowest BCUT2D eigenvalue weighted by Crippen LogP contribution is -2.61. The number of aromatic hydroxyl groups is 1. The number of phenols is 1. The standard InChI is InChI=1S/C31H43F2N3O5/c1-8-15-34-29(40)27(31(5,6)7)36(16-14-33)30(41)26(38)24(19-22(9-2)12-10-11-13-32)35-28(39)23-17-20(3)18-25(37)21(23)4/h8-12,17-18,24,26-27,37-38H,1-2,13-16,19H2,3-7H3,(H,34,40)(H,35,39)/b11-10-,22-12+/t24?,26?,27-/m1/s1. The molecule has 8 nitrogen and oxygen atoms in total. The van der Waals surface area contributed by atoms with Gasteiger partial charge in [0, 0.05) is 24.2 Å². The number of allylic oxidation sites excluding steroid dienone is 4. The number of carbonyl (C=O) groups excluding carboxylic acids is 3. The monoisotopic (exact) mass is 575 g/mol. The van der Waals surface area contributed by atoms with Crippen LogP contribution in [-0.2, 0) is 9.59 Å². The topological polar surface area (TPSA) is 119 Å². The second-order valence-electron chi connectivity index (χ2n) is 10.7. The van der Waals surface area contributed by atoms with Crippen LogP contribution in [0.2, 0.25) is 0 Å². The fourth-order valence-electron chi connectivity index (χ4n) is 4.35. The van der Waals surface area contributed by atoms with Crippen LogP contribution in [0, 0.1) is 19.3 Å². The molecule has 1 rings (SSSR count). The van der Waals surface area contributed by atoms with Crippen molar-refractivity contribution in [3.8, 4) is 5.75 Å². The summed E-state index contributed by atoms with van der Waals surface area (Å²) in [6.07, 6.45) is 5.08. The van der Waals surface area contributed by atoms with Gasteiger partial charge in [0.25, 0.3) is 11.8 Å². The van der Waals surface area contributed by atoms with E-state index in [0.29, 0.717) is 16.7 Å². The molecule has 1 aromatic carbocycles. The quantitative estimate of drug-likeness (QED) is 0.186. The molecular weight excluding hydrogens is 532 g/mol. The van der Waals surface area contributed by atoms with Gasteiger partial charge in [0.15, 0.2) is 6.10 Å². The smallest absolute Gasteiger partial charge is 0.254 e. The Morgan fingerprint density at radius 1 is 1.15 bits per heavy atom. The Bertz CT molecular complexity index is 1160. The summed E-state index contributed by atoms with van der Waals surface area (Å²) in [6, 6.07) is 0.629. The van der Waals surface area contributed by atoms with E-state index in [1.54, 1.807) is 40.7 Å². The fraction of sp³-hybridized carbons (Fsp3) is 0.452. The first-order valence-corrected chi connectivity index (χ1v) is 13.3. The van der Waals surface area contributed by atoms with Gasteiger partial charge in [-0.25, -0.2) is 8.78 Å². The van der Waals surface area contributed by atoms with Gasteiger partial charge in [-0.2, -0.15) is 0 Å². The molecule has 3 amide bonds. The van der Waals surface area contributed by atoms with E-state index in [-0.39, 0.29) is 24.3 Å². The number of amides is 3. The van der Waals surface area contributed by atoms with Crippen molar-refractivity contribution >= 4 is 17.7 Å². The van der Waals surface area contributed by atoms with Crippen molar-refractivity contribution in [3.05, 3.63) is 77.9 Å². The first-order chi connectivity index (χ1) is 19.2. The molecule has 1 aromatic rings. The third kappa shape index (κ3) is 10.3. The minimum absolute atomic E-state index is 0.0981. The Morgan fingerprint density at radius 2 is 1.80 bits per heavy atom. The summed E-state index contributed by atoms with van der Waals surface area (Å²) in [6.45, 7) is 13.6. The molecule has 41 heavy (non-hydrogen) atoms. The Labute approximate surface area is 241 Å². The number of nitrogens with one attached hydrogen (secondary N) is 2. The lowest BCUT2D eigenvalue weighted by Gasteiger charge is -2.40. The molecule has 0 aromatic heterocycles. The van der Waals surface area contributed by atoms with Crippen LogP contribution in [0.3, 0.4) is 0 Å². The predicted molar refractivity (Wildman–Crippen MR) is 157 cm³/mol. The minimum Gasteiger partial charge on any atom is -0.508 e. The first-order valence-electron chi connectivity index (χ1n) is 13.3. The normalized spacial score (nSPS) is 14.2. The molecule has 3 atom stereocenters. The van der Waals surface area contributed by atoms with Crippen LogP contribution in [0.5, 0.6) is 5.75 Å². The van der Waals surface area contributed by atoms with Crippen molar-refractivity contribution in [3.63, 3.8) is 0 Å². The molecule has 0 fully saturated rings. The molecule has 0 heterocycles. The van der Waals surface area contributed by atoms with Crippen LogP contribution in [-0.4, -0.2) is 77.5 Å². The summed E-state index contributed by atoms with van der Waals surface area (Å²) in [4.78, 5) is 41.2. The van der Waals surface area contributed by atoms with E-state index >= 15 is 0 Å². The van der Waals surface area contributed by atoms with E-state index in [1.807, 2.05) is 0 Å². The largest absolute Gasteiger partial charge is 0.508 e. The summed E-state index contributed by atoms with van der Waals surface area (Å²) in [5, 5.41) is 26.9. The number of carbonyl (C=O) groups is 3. The summed E-state index contributed by atoms with van der Waals surface area (Å²) < 4.78 is 26.3. The SMILES string of the molecule is C=CCNC(=O)[C@@H](N(CCF)C(=O)C(O)C(C/C(C=C)=C/C=C\CF)NC(=O)c1cc(C)cc(O)c1C)C(C)(C)C. The van der Waals surface area contributed by atoms with E-state index in [4.69, 9.17) is 0 Å². The molecule has 10 heteroatoms. The van der Waals surface area contributed by atoms with Gasteiger partial charge in [0.2, 0.25) is 5.91 Å². The van der Waals surface area contributed by atoms with Crippen LogP contribution in [0.25, 0.3) is 0 Å². The Kier molecular flexibility index (Phi) is 14.2. The zero-order chi connectivity index (χ0) is 31.3. The number of rotatable bonds is 15. The zero-order valence-corrected chi connectivity index (χ0v) is 24.5. The molecule has 0 aliphatic carbocycles. The van der Waals surface area contributed by atoms with Crippen molar-refractivity contribution in [2.45, 2.75) is 59.2 Å². The maximum atomic E-state index is 13.8. The fourth-order valence-corrected chi connectivity index (χ4v) is 4.35. The van der Waals surface area contributed by atoms with Crippen molar-refractivity contribution in [1.29, 1.82) is 0 Å². The van der Waals surface area contributed by atoms with Crippen molar-refractivity contribution < 1.29 is 33.4 Å². The van der Waals surface area contributed by atoms with Gasteiger partial charge >= 0.3 is 0 Å². The summed E-state index contributed by atoms with van der Waals surface area (Å²) in [5.41, 5.74) is 0.647. The van der Waals surface area contributed by atoms with Gasteiger partial charge in [-0.05, 0) is 49.0 Å². The second-order valence-corrected chi connectivity index (χ2v) is 10.7. The van der Waals surface area contributed by atoms with Gasteiger partial charge in [0.05, 0.1) is 6.04 Å². The summed E-state index contributed by atoms with van der Waals surface area (Å²) in [7, 11) is 0. The molecule has 0 radical (unpaired) electrons. The van der Waals surface area contributed by atoms with E-state index < -0.39 is 61.2 Å². The molecule has 0 spiro atoms. The molecule has 0 aliphatic heterocycles. The van der Waals surface area contributed by atoms with Gasteiger partial charge in [-0.3, -0.25) is 14.4 Å². The Morgan fingerprint density at radius 3 is 2.34 bits per heavy atom. The van der Waals surface area contributed by atoms with E-state index in [0.717, 1.165) is 4.90 Å². The number of benzene rings is 1. The highest BCUT2D eigenvalue weighted by molar-refractivity contribution is 5.97. The van der Waals surface area contributed by atoms with Gasteiger partial charge < -0.3 is 25.7 Å². The number of aryl methyl sites for hydroxylation is 1. The van der Waals surface area contributed by atoms with Crippen LogP contribution in [0.1, 0.15) is 48.7 Å². The summed E-state index contributed by atoms with van der Waals surface area (Å²) in [5.74, 6) is -2.29. The average Bonchev–Trinajstić information content (AvgIpc) is 2.90. The highest BCUT2D eigenvalue weighted by Crippen LogP contribution is 2.27. The lowest BCUT2D eigenvalue weighted by atomic mass is 9.84. The van der Waals surface area contributed by atoms with Gasteiger partial charge in [0.1, 0.15) is 25.1 Å². The third-order valence-electron chi connectivity index (χ3n) is 6.38. The Hall–Kier alpha value is -3.79. The number of phenolic OH excluding ortho intramolecular Hbond substituents is 1. The number of hydrogen-bond donors (Lipinski definition) is 4. The van der Waals surface area contributed by atoms with Crippen LogP contribution in [0.15, 0.2) is 61.2 Å². The number of aliphatic hydroxyl groups excluding tert-OH is 1. The highest BCUT2D eigenvalue weighted by atomic mass is 19.1. The van der Waals surface area contributed by atoms with Crippen LogP contribution >= 0.6 is 0 Å². The number of hydrogen-bond acceptors (Lipinski definition) is 5. The van der Waals surface area contributed by atoms with E-state index in [9.17, 15) is 33.4 Å². The molecule has 4 N–H and O–H groups in total. The number of halogens is 2. The Balaban J connectivity index is 3.58. The van der Waals surface area contributed by atoms with Crippen molar-refractivity contribution in [2.24, 2.45) is 5.41 Å². The zero-order valence-electron chi connectivity index (χ0n) is 24.5. The molecule has 226 valence electrons. The molecule has 2 unspecified atom stereocenters. The van der Waals surface area contributed by atoms with E-state index in [2.05, 4.69) is 23.8 Å². The molecular formula is C31H43F2N3O5. The third-order valence-corrected chi connectivity index (χ3v) is 6.38. The summed E-state index contributed by atoms with van der Waals surface area (Å²) >= 11 is 0. The van der Waals surface area contributed by atoms with Crippen LogP contribution < -0.4 is 10.6 Å². The van der Waals surface area contributed by atoms with Gasteiger partial charge in [-0.15, -0.1) is 6.58 Å². The maximum Gasteiger partial charge on any atom is 0.254 e. The molecule has 0 aliphatic rings. The first kappa shape index (κ1) is 35.2. The average molecular weight is 576 g/mol. The maximum absolute atomic E-state index is 13.8. The lowest BCUT2D eigenvalue weighted by molar-refractivity contribution is -0.152. The molecule has 0 saturated carbocycles. The van der Waals surface area contributed by atoms with Crippen molar-refractivity contribution in [1.82, 2.24) is 15.5 Å². The van der Waals surface area contributed by atoms with Crippen LogP contribution in [0.4, 0.5) is 8.78 Å². The number of aliphatic hydroxyl groups is 1. The molecule has 0 saturated heterocycles. The van der Waals surface area contributed by atoms with Crippen molar-refractivity contribution in [2.75, 3.05) is 26.4 Å². The highest BCUT2D eigenvalue weighted by Gasteiger charge is 2.42. The second kappa shape index (κ2) is 16.5. The number of alkyl halides is 2. The predicted octanol–water partition coefficient (Wildman–Crippen LogP) is 4.01. The van der Waals surface area contributed by atoms with E-state index in [1.165, 1.54) is 36.4 Å². The minimum atomic E-state index is -1.91. The molecule has 0 bridgehead atoms. The van der Waals surface area contributed by atoms with Gasteiger partial charge in [-0.1, -0.05) is 57.7 Å².